The lowest BCUT2D eigenvalue weighted by atomic mass is 9.99. The number of nitrogens with one attached hydrogen (secondary N) is 1. The van der Waals surface area contributed by atoms with E-state index < -0.39 is 10.5 Å². The van der Waals surface area contributed by atoms with Crippen molar-refractivity contribution in [3.05, 3.63) is 70.4 Å². The van der Waals surface area contributed by atoms with Gasteiger partial charge in [-0.1, -0.05) is 34.9 Å². The van der Waals surface area contributed by atoms with Crippen LogP contribution in [-0.2, 0) is 10.5 Å². The Balaban J connectivity index is 1.71. The number of ether oxygens (including phenoxy) is 1. The van der Waals surface area contributed by atoms with Gasteiger partial charge in [-0.15, -0.1) is 0 Å². The van der Waals surface area contributed by atoms with E-state index in [9.17, 15) is 22.4 Å². The fourth-order valence-corrected chi connectivity index (χ4v) is 6.15. The summed E-state index contributed by atoms with van der Waals surface area (Å²) in [5, 5.41) is 11.2. The summed E-state index contributed by atoms with van der Waals surface area (Å²) < 4.78 is 48.4. The molecule has 2 heterocycles. The number of halogens is 1. The van der Waals surface area contributed by atoms with Crippen LogP contribution in [0, 0.1) is 11.3 Å². The number of rotatable bonds is 6. The highest BCUT2D eigenvalue weighted by atomic mass is 32.3. The summed E-state index contributed by atoms with van der Waals surface area (Å²) in [6.45, 7) is 3.74. The Bertz CT molecular complexity index is 2020. The molecular formula is C30H26FN3O5S. The monoisotopic (exact) mass is 559 g/mol. The van der Waals surface area contributed by atoms with Crippen LogP contribution in [0.25, 0.3) is 44.0 Å². The van der Waals surface area contributed by atoms with Crippen molar-refractivity contribution in [2.75, 3.05) is 0 Å². The van der Waals surface area contributed by atoms with Gasteiger partial charge in [-0.25, -0.2) is 0 Å². The van der Waals surface area contributed by atoms with Crippen molar-refractivity contribution < 1.29 is 21.2 Å². The van der Waals surface area contributed by atoms with Crippen LogP contribution < -0.4 is 14.3 Å². The van der Waals surface area contributed by atoms with E-state index in [1.807, 2.05) is 26.0 Å². The maximum absolute atomic E-state index is 14.1. The number of hydrogen-bond acceptors (Lipinski definition) is 6. The Morgan fingerprint density at radius 3 is 2.55 bits per heavy atom. The van der Waals surface area contributed by atoms with Crippen LogP contribution in [0.15, 0.2) is 59.4 Å². The van der Waals surface area contributed by atoms with Crippen molar-refractivity contribution in [2.24, 2.45) is 0 Å². The third-order valence-electron chi connectivity index (χ3n) is 7.37. The largest absolute Gasteiger partial charge is 0.490 e. The minimum atomic E-state index is -5.21. The zero-order valence-electron chi connectivity index (χ0n) is 21.9. The highest BCUT2D eigenvalue weighted by Crippen LogP contribution is 2.41. The number of nitriles is 1. The molecule has 1 fully saturated rings. The number of fused-ring (bicyclic) bond motifs is 4. The minimum absolute atomic E-state index is 0.144. The van der Waals surface area contributed by atoms with E-state index in [0.717, 1.165) is 31.1 Å². The summed E-state index contributed by atoms with van der Waals surface area (Å²) in [4.78, 5) is 17.5. The van der Waals surface area contributed by atoms with Gasteiger partial charge >= 0.3 is 10.5 Å². The third kappa shape index (κ3) is 4.56. The average molecular weight is 560 g/mol. The van der Waals surface area contributed by atoms with E-state index in [1.165, 1.54) is 12.1 Å². The summed E-state index contributed by atoms with van der Waals surface area (Å²) >= 11 is 0. The van der Waals surface area contributed by atoms with E-state index in [1.54, 1.807) is 30.3 Å². The first-order valence-electron chi connectivity index (χ1n) is 13.1. The average Bonchev–Trinajstić information content (AvgIpc) is 3.56. The molecule has 0 bridgehead atoms. The molecule has 0 atom stereocenters. The Morgan fingerprint density at radius 1 is 1.07 bits per heavy atom. The first-order chi connectivity index (χ1) is 19.1. The van der Waals surface area contributed by atoms with Crippen LogP contribution in [0.2, 0.25) is 0 Å². The minimum Gasteiger partial charge on any atom is -0.490 e. The van der Waals surface area contributed by atoms with Gasteiger partial charge in [0.15, 0.2) is 5.43 Å². The first kappa shape index (κ1) is 25.9. The molecule has 0 radical (unpaired) electrons. The predicted molar refractivity (Wildman–Crippen MR) is 152 cm³/mol. The summed E-state index contributed by atoms with van der Waals surface area (Å²) in [7, 11) is -5.21. The van der Waals surface area contributed by atoms with Crippen molar-refractivity contribution in [1.82, 2.24) is 9.55 Å². The Hall–Kier alpha value is -4.36. The van der Waals surface area contributed by atoms with Gasteiger partial charge in [-0.2, -0.15) is 13.7 Å². The van der Waals surface area contributed by atoms with Gasteiger partial charge in [0.1, 0.15) is 17.1 Å². The van der Waals surface area contributed by atoms with Crippen LogP contribution in [0.5, 0.6) is 11.5 Å². The van der Waals surface area contributed by atoms with Crippen molar-refractivity contribution in [2.45, 2.75) is 51.7 Å². The molecule has 204 valence electrons. The molecule has 6 rings (SSSR count). The van der Waals surface area contributed by atoms with Crippen molar-refractivity contribution >= 4 is 43.3 Å². The van der Waals surface area contributed by atoms with Crippen molar-refractivity contribution in [3.8, 4) is 28.7 Å². The molecule has 5 aromatic rings. The SMILES string of the molecule is CC(C)Oc1cc2c(=O)c3c4ccc(C#N)cc4[nH]c3n(C3CCCC3)c2cc1-c1cccc(OS(=O)(=O)F)c1. The number of aromatic amines is 1. The smallest absolute Gasteiger partial charge is 0.488 e. The first-order valence-corrected chi connectivity index (χ1v) is 14.4. The normalized spacial score (nSPS) is 14.4. The molecule has 0 saturated heterocycles. The zero-order valence-corrected chi connectivity index (χ0v) is 22.7. The van der Waals surface area contributed by atoms with E-state index in [2.05, 4.69) is 19.8 Å². The van der Waals surface area contributed by atoms with E-state index in [4.69, 9.17) is 4.74 Å². The molecule has 1 aliphatic carbocycles. The molecule has 0 amide bonds. The van der Waals surface area contributed by atoms with Gasteiger partial charge in [0, 0.05) is 22.5 Å². The van der Waals surface area contributed by atoms with E-state index in [-0.39, 0.29) is 23.3 Å². The highest BCUT2D eigenvalue weighted by molar-refractivity contribution is 7.81. The van der Waals surface area contributed by atoms with Crippen LogP contribution in [0.1, 0.15) is 51.1 Å². The fraction of sp³-hybridized carbons (Fsp3) is 0.267. The molecule has 8 nitrogen and oxygen atoms in total. The van der Waals surface area contributed by atoms with Gasteiger partial charge < -0.3 is 18.5 Å². The lowest BCUT2D eigenvalue weighted by molar-refractivity contribution is 0.244. The molecule has 1 N–H and O–H groups in total. The summed E-state index contributed by atoms with van der Waals surface area (Å²) in [5.74, 6) is 0.256. The number of H-pyrrole nitrogens is 1. The Labute approximate surface area is 230 Å². The maximum atomic E-state index is 14.1. The number of aromatic nitrogens is 2. The summed E-state index contributed by atoms with van der Waals surface area (Å²) in [5.41, 5.74) is 3.59. The summed E-state index contributed by atoms with van der Waals surface area (Å²) in [6.07, 6.45) is 3.81. The molecule has 0 aliphatic heterocycles. The maximum Gasteiger partial charge on any atom is 0.488 e. The number of benzene rings is 3. The van der Waals surface area contributed by atoms with Crippen LogP contribution >= 0.6 is 0 Å². The van der Waals surface area contributed by atoms with Crippen LogP contribution in [0.3, 0.4) is 0 Å². The second-order valence-corrected chi connectivity index (χ2v) is 11.3. The third-order valence-corrected chi connectivity index (χ3v) is 7.76. The molecule has 40 heavy (non-hydrogen) atoms. The highest BCUT2D eigenvalue weighted by Gasteiger charge is 2.26. The Kier molecular flexibility index (Phi) is 6.27. The molecule has 1 saturated carbocycles. The molecule has 10 heteroatoms. The lowest BCUT2D eigenvalue weighted by Crippen LogP contribution is -2.15. The summed E-state index contributed by atoms with van der Waals surface area (Å²) in [6, 6.07) is 17.3. The molecule has 2 aromatic heterocycles. The molecule has 1 aliphatic rings. The van der Waals surface area contributed by atoms with E-state index >= 15 is 0 Å². The lowest BCUT2D eigenvalue weighted by Gasteiger charge is -2.22. The number of nitrogens with zero attached hydrogens (tertiary/aromatic N) is 2. The number of pyridine rings is 1. The topological polar surface area (TPSA) is 114 Å². The van der Waals surface area contributed by atoms with Gasteiger partial charge in [0.05, 0.1) is 34.0 Å². The van der Waals surface area contributed by atoms with Crippen molar-refractivity contribution in [1.29, 1.82) is 5.26 Å². The molecule has 0 spiro atoms. The van der Waals surface area contributed by atoms with Crippen LogP contribution in [-0.4, -0.2) is 24.1 Å². The quantitative estimate of drug-likeness (QED) is 0.232. The van der Waals surface area contributed by atoms with E-state index in [0.29, 0.717) is 49.9 Å². The zero-order chi connectivity index (χ0) is 28.2. The molecule has 3 aromatic carbocycles. The second-order valence-electron chi connectivity index (χ2n) is 10.4. The van der Waals surface area contributed by atoms with Gasteiger partial charge in [0.2, 0.25) is 0 Å². The van der Waals surface area contributed by atoms with Gasteiger partial charge in [-0.3, -0.25) is 4.79 Å². The van der Waals surface area contributed by atoms with Gasteiger partial charge in [-0.05, 0) is 68.7 Å². The molecular weight excluding hydrogens is 533 g/mol. The Morgan fingerprint density at radius 2 is 1.85 bits per heavy atom. The second kappa shape index (κ2) is 9.68. The van der Waals surface area contributed by atoms with Crippen LogP contribution in [0.4, 0.5) is 3.89 Å². The fourth-order valence-electron chi connectivity index (χ4n) is 5.82. The van der Waals surface area contributed by atoms with Gasteiger partial charge in [0.25, 0.3) is 0 Å². The van der Waals surface area contributed by atoms with Crippen molar-refractivity contribution in [3.63, 3.8) is 0 Å². The molecule has 0 unspecified atom stereocenters. The number of hydrogen-bond donors (Lipinski definition) is 1. The standard InChI is InChI=1S/C30H26FN3O5S/c1-17(2)38-27-15-24-26(14-23(27)19-6-5-9-21(13-19)39-40(31,36)37)34(20-7-3-4-8-20)30-28(29(24)35)22-11-10-18(16-32)12-25(22)33-30/h5-6,9-15,17,20,33H,3-4,7-8H2,1-2H3. The predicted octanol–water partition coefficient (Wildman–Crippen LogP) is 6.67.